The van der Waals surface area contributed by atoms with Gasteiger partial charge < -0.3 is 5.32 Å². The Bertz CT molecular complexity index is 919. The molecule has 0 radical (unpaired) electrons. The summed E-state index contributed by atoms with van der Waals surface area (Å²) in [6.07, 6.45) is 2.07. The molecule has 26 heavy (non-hydrogen) atoms. The molecule has 8 heteroatoms. The molecule has 0 aliphatic carbocycles. The van der Waals surface area contributed by atoms with Gasteiger partial charge in [-0.25, -0.2) is 4.98 Å². The molecule has 4 heterocycles. The average molecular weight is 370 g/mol. The van der Waals surface area contributed by atoms with Crippen LogP contribution in [0.15, 0.2) is 23.6 Å². The molecule has 1 aliphatic heterocycles. The number of aryl methyl sites for hydroxylation is 2. The number of hydrogen-bond acceptors (Lipinski definition) is 6. The number of fused-ring (bicyclic) bond motifs is 1. The van der Waals surface area contributed by atoms with Crippen LogP contribution in [0.1, 0.15) is 39.7 Å². The van der Waals surface area contributed by atoms with Gasteiger partial charge in [0.05, 0.1) is 0 Å². The number of carbonyl (C=O) groups is 1. The van der Waals surface area contributed by atoms with Crippen LogP contribution >= 0.6 is 11.3 Å². The summed E-state index contributed by atoms with van der Waals surface area (Å²) >= 11 is 1.78. The number of hydrogen-bond donors (Lipinski definition) is 1. The van der Waals surface area contributed by atoms with Crippen LogP contribution in [0.25, 0.3) is 5.78 Å². The first-order valence-corrected chi connectivity index (χ1v) is 9.73. The van der Waals surface area contributed by atoms with Crippen LogP contribution in [0.5, 0.6) is 0 Å². The Morgan fingerprint density at radius 3 is 3.08 bits per heavy atom. The van der Waals surface area contributed by atoms with Crippen molar-refractivity contribution in [2.24, 2.45) is 0 Å². The highest BCUT2D eigenvalue weighted by Gasteiger charge is 2.24. The van der Waals surface area contributed by atoms with Gasteiger partial charge in [-0.1, -0.05) is 6.07 Å². The predicted octanol–water partition coefficient (Wildman–Crippen LogP) is 2.20. The number of piperidine rings is 1. The van der Waals surface area contributed by atoms with E-state index in [-0.39, 0.29) is 11.9 Å². The predicted molar refractivity (Wildman–Crippen MR) is 100 cm³/mol. The summed E-state index contributed by atoms with van der Waals surface area (Å²) in [5.41, 5.74) is 1.77. The molecule has 0 aromatic carbocycles. The van der Waals surface area contributed by atoms with Gasteiger partial charge in [-0.2, -0.15) is 0 Å². The lowest BCUT2D eigenvalue weighted by Gasteiger charge is -2.32. The van der Waals surface area contributed by atoms with Crippen LogP contribution in [0.4, 0.5) is 0 Å². The lowest BCUT2D eigenvalue weighted by atomic mass is 10.1. The molecule has 0 bridgehead atoms. The van der Waals surface area contributed by atoms with E-state index in [9.17, 15) is 4.79 Å². The molecule has 3 aromatic rings. The van der Waals surface area contributed by atoms with E-state index in [1.54, 1.807) is 15.7 Å². The standard InChI is InChI=1S/C18H22N6OS/c1-12-9-13(2)24-16(21-22-18(24)19-12)17(25)20-14-5-3-7-23(10-14)11-15-6-4-8-26-15/h4,6,8-9,14H,3,5,7,10-11H2,1-2H3,(H,20,25)/t14-/m1/s1. The molecule has 0 spiro atoms. The van der Waals surface area contributed by atoms with E-state index in [1.165, 1.54) is 4.88 Å². The second-order valence-electron chi connectivity index (χ2n) is 6.83. The highest BCUT2D eigenvalue weighted by atomic mass is 32.1. The lowest BCUT2D eigenvalue weighted by Crippen LogP contribution is -2.47. The molecule has 1 fully saturated rings. The van der Waals surface area contributed by atoms with Crippen LogP contribution < -0.4 is 5.32 Å². The second kappa shape index (κ2) is 7.13. The highest BCUT2D eigenvalue weighted by molar-refractivity contribution is 7.09. The van der Waals surface area contributed by atoms with Gasteiger partial charge in [-0.3, -0.25) is 14.1 Å². The number of nitrogens with one attached hydrogen (secondary N) is 1. The van der Waals surface area contributed by atoms with E-state index >= 15 is 0 Å². The van der Waals surface area contributed by atoms with Crippen LogP contribution in [0, 0.1) is 13.8 Å². The van der Waals surface area contributed by atoms with Crippen molar-refractivity contribution in [3.8, 4) is 0 Å². The van der Waals surface area contributed by atoms with E-state index in [1.807, 2.05) is 19.9 Å². The van der Waals surface area contributed by atoms with Gasteiger partial charge in [0, 0.05) is 35.4 Å². The molecular formula is C18H22N6OS. The van der Waals surface area contributed by atoms with Crippen molar-refractivity contribution in [2.75, 3.05) is 13.1 Å². The summed E-state index contributed by atoms with van der Waals surface area (Å²) in [7, 11) is 0. The number of carbonyl (C=O) groups excluding carboxylic acids is 1. The number of thiophene rings is 1. The summed E-state index contributed by atoms with van der Waals surface area (Å²) in [5.74, 6) is 0.588. The minimum absolute atomic E-state index is 0.127. The highest BCUT2D eigenvalue weighted by Crippen LogP contribution is 2.17. The fourth-order valence-corrected chi connectivity index (χ4v) is 4.31. The first-order chi connectivity index (χ1) is 12.6. The minimum Gasteiger partial charge on any atom is -0.345 e. The van der Waals surface area contributed by atoms with Crippen LogP contribution in [0.2, 0.25) is 0 Å². The van der Waals surface area contributed by atoms with Gasteiger partial charge in [0.2, 0.25) is 5.82 Å². The smallest absolute Gasteiger partial charge is 0.289 e. The molecule has 1 saturated heterocycles. The maximum absolute atomic E-state index is 12.8. The Balaban J connectivity index is 1.46. The van der Waals surface area contributed by atoms with Crippen molar-refractivity contribution < 1.29 is 4.79 Å². The number of rotatable bonds is 4. The average Bonchev–Trinajstić information content (AvgIpc) is 3.24. The number of nitrogens with zero attached hydrogens (tertiary/aromatic N) is 5. The molecule has 1 N–H and O–H groups in total. The van der Waals surface area contributed by atoms with Gasteiger partial charge in [-0.15, -0.1) is 21.5 Å². The lowest BCUT2D eigenvalue weighted by molar-refractivity contribution is 0.0889. The first kappa shape index (κ1) is 17.1. The molecule has 0 unspecified atom stereocenters. The Kier molecular flexibility index (Phi) is 4.69. The monoisotopic (exact) mass is 370 g/mol. The van der Waals surface area contributed by atoms with Crippen LogP contribution in [0.3, 0.4) is 0 Å². The zero-order valence-corrected chi connectivity index (χ0v) is 15.8. The van der Waals surface area contributed by atoms with Gasteiger partial charge >= 0.3 is 0 Å². The Morgan fingerprint density at radius 1 is 1.38 bits per heavy atom. The molecular weight excluding hydrogens is 348 g/mol. The largest absolute Gasteiger partial charge is 0.345 e. The summed E-state index contributed by atoms with van der Waals surface area (Å²) < 4.78 is 1.72. The van der Waals surface area contributed by atoms with Gasteiger partial charge in [0.25, 0.3) is 11.7 Å². The van der Waals surface area contributed by atoms with E-state index in [0.717, 1.165) is 43.9 Å². The molecule has 136 valence electrons. The Hall–Kier alpha value is -2.32. The van der Waals surface area contributed by atoms with Crippen LogP contribution in [-0.4, -0.2) is 49.5 Å². The Morgan fingerprint density at radius 2 is 2.27 bits per heavy atom. The van der Waals surface area contributed by atoms with E-state index < -0.39 is 0 Å². The van der Waals surface area contributed by atoms with Gasteiger partial charge in [0.1, 0.15) is 0 Å². The number of amides is 1. The third-order valence-corrected chi connectivity index (χ3v) is 5.56. The number of aromatic nitrogens is 4. The molecule has 0 saturated carbocycles. The van der Waals surface area contributed by atoms with Crippen molar-refractivity contribution in [1.82, 2.24) is 29.8 Å². The molecule has 4 rings (SSSR count). The van der Waals surface area contributed by atoms with Crippen molar-refractivity contribution in [2.45, 2.75) is 39.3 Å². The third-order valence-electron chi connectivity index (χ3n) is 4.70. The fraction of sp³-hybridized carbons (Fsp3) is 0.444. The minimum atomic E-state index is -0.186. The van der Waals surface area contributed by atoms with E-state index in [0.29, 0.717) is 11.6 Å². The summed E-state index contributed by atoms with van der Waals surface area (Å²) in [4.78, 5) is 20.9. The van der Waals surface area contributed by atoms with E-state index in [4.69, 9.17) is 0 Å². The van der Waals surface area contributed by atoms with Gasteiger partial charge in [-0.05, 0) is 50.7 Å². The molecule has 1 amide bonds. The molecule has 1 atom stereocenters. The zero-order valence-electron chi connectivity index (χ0n) is 15.0. The molecule has 3 aromatic heterocycles. The maximum atomic E-state index is 12.8. The molecule has 1 aliphatic rings. The maximum Gasteiger partial charge on any atom is 0.289 e. The summed E-state index contributed by atoms with van der Waals surface area (Å²) in [5, 5.41) is 13.4. The molecule has 7 nitrogen and oxygen atoms in total. The van der Waals surface area contributed by atoms with Crippen molar-refractivity contribution in [3.05, 3.63) is 45.7 Å². The second-order valence-corrected chi connectivity index (χ2v) is 7.86. The first-order valence-electron chi connectivity index (χ1n) is 8.85. The summed E-state index contributed by atoms with van der Waals surface area (Å²) in [6, 6.07) is 6.29. The topological polar surface area (TPSA) is 75.4 Å². The fourth-order valence-electron chi connectivity index (χ4n) is 3.57. The van der Waals surface area contributed by atoms with E-state index in [2.05, 4.69) is 42.9 Å². The zero-order chi connectivity index (χ0) is 18.1. The van der Waals surface area contributed by atoms with Gasteiger partial charge in [0.15, 0.2) is 0 Å². The SMILES string of the molecule is Cc1cc(C)n2c(C(=O)N[C@@H]3CCCN(Cc4cccs4)C3)nnc2n1. The number of likely N-dealkylation sites (tertiary alicyclic amines) is 1. The Labute approximate surface area is 156 Å². The summed E-state index contributed by atoms with van der Waals surface area (Å²) in [6.45, 7) is 6.72. The third kappa shape index (κ3) is 3.47. The van der Waals surface area contributed by atoms with Crippen molar-refractivity contribution in [3.63, 3.8) is 0 Å². The van der Waals surface area contributed by atoms with Crippen LogP contribution in [-0.2, 0) is 6.54 Å². The normalized spacial score (nSPS) is 18.3. The van der Waals surface area contributed by atoms with Crippen molar-refractivity contribution in [1.29, 1.82) is 0 Å². The van der Waals surface area contributed by atoms with Crippen molar-refractivity contribution >= 4 is 23.0 Å². The quantitative estimate of drug-likeness (QED) is 0.762.